The molecule has 0 saturated heterocycles. The summed E-state index contributed by atoms with van der Waals surface area (Å²) in [5.41, 5.74) is 8.54. The van der Waals surface area contributed by atoms with Crippen molar-refractivity contribution in [2.45, 2.75) is 63.2 Å². The lowest BCUT2D eigenvalue weighted by atomic mass is 10.1. The molecule has 1 saturated carbocycles. The molecule has 0 unspecified atom stereocenters. The molecule has 1 aromatic carbocycles. The number of fused-ring (bicyclic) bond motifs is 3. The number of imidazole rings is 1. The molecule has 3 atom stereocenters. The Labute approximate surface area is 257 Å². The van der Waals surface area contributed by atoms with Crippen LogP contribution in [0.25, 0.3) is 22.9 Å². The Morgan fingerprint density at radius 1 is 1.13 bits per heavy atom. The van der Waals surface area contributed by atoms with Crippen LogP contribution in [0.4, 0.5) is 24.8 Å². The van der Waals surface area contributed by atoms with Gasteiger partial charge in [0.25, 0.3) is 5.91 Å². The van der Waals surface area contributed by atoms with Crippen molar-refractivity contribution in [3.8, 4) is 11.3 Å². The van der Waals surface area contributed by atoms with Crippen LogP contribution in [-0.2, 0) is 11.0 Å². The maximum absolute atomic E-state index is 13.1. The van der Waals surface area contributed by atoms with Gasteiger partial charge < -0.3 is 21.7 Å². The maximum atomic E-state index is 13.1. The van der Waals surface area contributed by atoms with E-state index in [4.69, 9.17) is 10.7 Å². The summed E-state index contributed by atoms with van der Waals surface area (Å²) in [4.78, 5) is 38.9. The number of nitrogen functional groups attached to an aromatic ring is 1. The number of hydrogen-bond donors (Lipinski definition) is 4. The average molecular weight is 619 g/mol. The van der Waals surface area contributed by atoms with Gasteiger partial charge >= 0.3 is 6.18 Å². The first-order valence-corrected chi connectivity index (χ1v) is 14.9. The molecule has 6 rings (SSSR count). The largest absolute Gasteiger partial charge is 0.416 e. The number of pyridine rings is 1. The van der Waals surface area contributed by atoms with Crippen molar-refractivity contribution in [1.29, 1.82) is 0 Å². The molecule has 1 fully saturated rings. The number of halogens is 3. The molecule has 1 aliphatic carbocycles. The van der Waals surface area contributed by atoms with Crippen molar-refractivity contribution in [2.24, 2.45) is 0 Å². The highest BCUT2D eigenvalue weighted by molar-refractivity contribution is 6.04. The number of nitrogens with one attached hydrogen (secondary N) is 3. The fraction of sp³-hybridized carbons (Fsp3) is 0.344. The van der Waals surface area contributed by atoms with E-state index in [1.54, 1.807) is 30.5 Å². The molecule has 5 N–H and O–H groups in total. The fourth-order valence-electron chi connectivity index (χ4n) is 6.03. The predicted octanol–water partition coefficient (Wildman–Crippen LogP) is 5.18. The molecule has 234 valence electrons. The van der Waals surface area contributed by atoms with Crippen LogP contribution in [0.1, 0.15) is 72.4 Å². The number of aromatic nitrogens is 4. The van der Waals surface area contributed by atoms with Crippen LogP contribution in [0, 0.1) is 0 Å². The molecule has 2 bridgehead atoms. The summed E-state index contributed by atoms with van der Waals surface area (Å²) in [6.07, 6.45) is 5.80. The number of amides is 2. The smallest absolute Gasteiger partial charge is 0.382 e. The molecule has 3 aromatic heterocycles. The van der Waals surface area contributed by atoms with Gasteiger partial charge in [0.15, 0.2) is 0 Å². The van der Waals surface area contributed by atoms with Gasteiger partial charge in [0.2, 0.25) is 5.91 Å². The van der Waals surface area contributed by atoms with Crippen LogP contribution < -0.4 is 21.7 Å². The molecule has 4 aromatic rings. The zero-order valence-corrected chi connectivity index (χ0v) is 24.6. The van der Waals surface area contributed by atoms with Gasteiger partial charge in [0.1, 0.15) is 28.7 Å². The highest BCUT2D eigenvalue weighted by atomic mass is 19.4. The van der Waals surface area contributed by atoms with Gasteiger partial charge in [-0.3, -0.25) is 14.0 Å². The second kappa shape index (κ2) is 12.3. The molecule has 2 aliphatic rings. The third-order valence-electron chi connectivity index (χ3n) is 8.24. The molecular weight excluding hydrogens is 585 g/mol. The number of carbonyl (C=O) groups excluding carboxylic acids is 2. The molecule has 0 spiro atoms. The van der Waals surface area contributed by atoms with Crippen molar-refractivity contribution in [1.82, 2.24) is 30.0 Å². The van der Waals surface area contributed by atoms with E-state index in [-0.39, 0.29) is 35.3 Å². The van der Waals surface area contributed by atoms with E-state index in [9.17, 15) is 22.8 Å². The summed E-state index contributed by atoms with van der Waals surface area (Å²) < 4.78 is 41.3. The minimum atomic E-state index is -4.56. The zero-order valence-electron chi connectivity index (χ0n) is 24.6. The van der Waals surface area contributed by atoms with Crippen LogP contribution >= 0.6 is 0 Å². The number of anilines is 2. The van der Waals surface area contributed by atoms with Gasteiger partial charge in [-0.1, -0.05) is 18.2 Å². The Morgan fingerprint density at radius 3 is 2.71 bits per heavy atom. The number of nitrogens with two attached hydrogens (primary N) is 1. The van der Waals surface area contributed by atoms with Crippen molar-refractivity contribution in [2.75, 3.05) is 17.6 Å². The Hall–Kier alpha value is -4.78. The quantitative estimate of drug-likeness (QED) is 0.248. The monoisotopic (exact) mass is 618 g/mol. The fourth-order valence-corrected chi connectivity index (χ4v) is 6.03. The lowest BCUT2D eigenvalue weighted by molar-refractivity contribution is -0.137. The molecular formula is C32H33F3N8O2. The van der Waals surface area contributed by atoms with E-state index in [0.717, 1.165) is 55.5 Å². The van der Waals surface area contributed by atoms with Crippen LogP contribution in [-0.4, -0.2) is 49.8 Å². The topological polar surface area (TPSA) is 139 Å². The summed E-state index contributed by atoms with van der Waals surface area (Å²) in [5.74, 6) is 0.413. The van der Waals surface area contributed by atoms with Gasteiger partial charge in [-0.2, -0.15) is 13.2 Å². The molecule has 45 heavy (non-hydrogen) atoms. The van der Waals surface area contributed by atoms with Crippen molar-refractivity contribution >= 4 is 35.0 Å². The third-order valence-corrected chi connectivity index (χ3v) is 8.24. The summed E-state index contributed by atoms with van der Waals surface area (Å²) in [5, 5.41) is 9.01. The molecule has 4 heterocycles. The number of alkyl halides is 3. The number of carbonyl (C=O) groups is 2. The Balaban J connectivity index is 1.34. The highest BCUT2D eigenvalue weighted by Gasteiger charge is 2.33. The summed E-state index contributed by atoms with van der Waals surface area (Å²) in [6.45, 7) is 2.73. The van der Waals surface area contributed by atoms with Crippen LogP contribution in [0.2, 0.25) is 0 Å². The second-order valence-corrected chi connectivity index (χ2v) is 11.6. The maximum Gasteiger partial charge on any atom is 0.416 e. The zero-order chi connectivity index (χ0) is 31.7. The van der Waals surface area contributed by atoms with Crippen LogP contribution in [0.15, 0.2) is 54.9 Å². The predicted molar refractivity (Wildman–Crippen MR) is 164 cm³/mol. The molecule has 13 heteroatoms. The van der Waals surface area contributed by atoms with Crippen LogP contribution in [0.5, 0.6) is 0 Å². The van der Waals surface area contributed by atoms with Gasteiger partial charge in [-0.15, -0.1) is 0 Å². The van der Waals surface area contributed by atoms with E-state index in [1.807, 2.05) is 17.4 Å². The van der Waals surface area contributed by atoms with Crippen LogP contribution in [0.3, 0.4) is 0 Å². The third kappa shape index (κ3) is 6.53. The van der Waals surface area contributed by atoms with Crippen molar-refractivity contribution in [3.63, 3.8) is 0 Å². The summed E-state index contributed by atoms with van der Waals surface area (Å²) in [7, 11) is 0. The van der Waals surface area contributed by atoms with E-state index < -0.39 is 17.6 Å². The van der Waals surface area contributed by atoms with Gasteiger partial charge in [0.05, 0.1) is 17.5 Å². The summed E-state index contributed by atoms with van der Waals surface area (Å²) >= 11 is 0. The van der Waals surface area contributed by atoms with Gasteiger partial charge in [-0.05, 0) is 69.5 Å². The molecule has 0 radical (unpaired) electrons. The lowest BCUT2D eigenvalue weighted by Crippen LogP contribution is -2.38. The van der Waals surface area contributed by atoms with E-state index in [2.05, 4.69) is 32.0 Å². The molecule has 10 nitrogen and oxygen atoms in total. The van der Waals surface area contributed by atoms with E-state index >= 15 is 0 Å². The van der Waals surface area contributed by atoms with E-state index in [0.29, 0.717) is 35.6 Å². The van der Waals surface area contributed by atoms with E-state index in [1.165, 1.54) is 0 Å². The van der Waals surface area contributed by atoms with Crippen molar-refractivity contribution in [3.05, 3.63) is 77.5 Å². The Bertz CT molecular complexity index is 1770. The van der Waals surface area contributed by atoms with Gasteiger partial charge in [-0.25, -0.2) is 15.0 Å². The first-order chi connectivity index (χ1) is 21.6. The first kappa shape index (κ1) is 30.3. The molecule has 2 amide bonds. The second-order valence-electron chi connectivity index (χ2n) is 11.6. The first-order valence-electron chi connectivity index (χ1n) is 14.9. The Kier molecular flexibility index (Phi) is 8.28. The average Bonchev–Trinajstić information content (AvgIpc) is 3.63. The van der Waals surface area contributed by atoms with Gasteiger partial charge in [0, 0.05) is 41.7 Å². The number of rotatable bonds is 3. The molecule has 1 aliphatic heterocycles. The minimum absolute atomic E-state index is 0.0295. The SMILES string of the molecule is C[C@@H]1CC(=O)N[C@@H]2CC[C@H](C2)c2nc(-c3ccc(C(=O)Nc4cc(C(F)(F)F)ccn4)cc3)c3c(N)ncc(n23)/C=C/CCN1. The lowest BCUT2D eigenvalue weighted by Gasteiger charge is -2.16. The Morgan fingerprint density at radius 2 is 1.93 bits per heavy atom. The normalized spacial score (nSPS) is 21.5. The number of benzene rings is 1. The number of hydrogen-bond acceptors (Lipinski definition) is 7. The number of nitrogens with zero attached hydrogens (tertiary/aromatic N) is 4. The highest BCUT2D eigenvalue weighted by Crippen LogP contribution is 2.39. The minimum Gasteiger partial charge on any atom is -0.382 e. The standard InChI is InChI=1S/C32H33F3N8O2/c1-18-14-26(44)40-23-10-9-21(15-23)30-42-27(28-29(36)39-17-24(43(28)30)4-2-3-12-37-18)19-5-7-20(8-6-19)31(45)41-25-16-22(11-13-38-25)32(33,34)35/h2,4-8,11,13,16-18,21,23,37H,3,9-10,12,14-15H2,1H3,(H2,36,39)(H,40,44)(H,38,41,45)/b4-2+/t18-,21-,23-/m1/s1. The summed E-state index contributed by atoms with van der Waals surface area (Å²) in [6, 6.07) is 8.32. The van der Waals surface area contributed by atoms with Crippen molar-refractivity contribution < 1.29 is 22.8 Å².